The molecule has 0 aliphatic carbocycles. The van der Waals surface area contributed by atoms with E-state index in [1.54, 1.807) is 11.3 Å². The highest BCUT2D eigenvalue weighted by Crippen LogP contribution is 2.35. The Morgan fingerprint density at radius 1 is 1.50 bits per heavy atom. The summed E-state index contributed by atoms with van der Waals surface area (Å²) in [7, 11) is 2.01. The number of hydrogen-bond donors (Lipinski definition) is 0. The van der Waals surface area contributed by atoms with Crippen LogP contribution in [0.2, 0.25) is 0 Å². The Morgan fingerprint density at radius 3 is 3.19 bits per heavy atom. The van der Waals surface area contributed by atoms with Crippen molar-refractivity contribution in [1.82, 2.24) is 4.57 Å². The van der Waals surface area contributed by atoms with Gasteiger partial charge in [-0.2, -0.15) is 0 Å². The predicted molar refractivity (Wildman–Crippen MR) is 59.8 cm³/mol. The van der Waals surface area contributed by atoms with Crippen molar-refractivity contribution in [2.45, 2.75) is 12.6 Å². The Kier molecular flexibility index (Phi) is 2.32. The molecule has 5 heteroatoms. The van der Waals surface area contributed by atoms with Crippen molar-refractivity contribution in [1.29, 1.82) is 0 Å². The minimum atomic E-state index is 0.0921. The van der Waals surface area contributed by atoms with Gasteiger partial charge in [0.2, 0.25) is 6.33 Å². The van der Waals surface area contributed by atoms with Gasteiger partial charge in [-0.3, -0.25) is 0 Å². The van der Waals surface area contributed by atoms with Crippen molar-refractivity contribution >= 4 is 11.3 Å². The first-order valence-corrected chi connectivity index (χ1v) is 6.12. The fourth-order valence-corrected chi connectivity index (χ4v) is 2.47. The molecule has 16 heavy (non-hydrogen) atoms. The van der Waals surface area contributed by atoms with E-state index in [1.165, 1.54) is 0 Å². The van der Waals surface area contributed by atoms with Crippen LogP contribution >= 0.6 is 11.3 Å². The number of nitrogens with zero attached hydrogens (tertiary/aromatic N) is 2. The molecule has 4 nitrogen and oxygen atoms in total. The Bertz CT molecular complexity index is 492. The summed E-state index contributed by atoms with van der Waals surface area (Å²) in [6.07, 6.45) is 6.17. The highest BCUT2D eigenvalue weighted by atomic mass is 32.1. The van der Waals surface area contributed by atoms with Gasteiger partial charge in [0, 0.05) is 10.8 Å². The number of fused-ring (bicyclic) bond motifs is 1. The fourth-order valence-electron chi connectivity index (χ4n) is 1.80. The Labute approximate surface area is 97.7 Å². The van der Waals surface area contributed by atoms with E-state index in [9.17, 15) is 0 Å². The minimum Gasteiger partial charge on any atom is -0.485 e. The van der Waals surface area contributed by atoms with Crippen molar-refractivity contribution in [3.05, 3.63) is 29.5 Å². The van der Waals surface area contributed by atoms with E-state index >= 15 is 0 Å². The first kappa shape index (κ1) is 9.72. The average molecular weight is 237 g/mol. The summed E-state index contributed by atoms with van der Waals surface area (Å²) in [5, 5.41) is 3.96. The van der Waals surface area contributed by atoms with Crippen LogP contribution in [0.1, 0.15) is 0 Å². The summed E-state index contributed by atoms with van der Waals surface area (Å²) in [4.78, 5) is 0. The third-order valence-corrected chi connectivity index (χ3v) is 3.25. The maximum Gasteiger partial charge on any atom is 0.243 e. The molecule has 2 aromatic rings. The van der Waals surface area contributed by atoms with Crippen molar-refractivity contribution < 1.29 is 14.0 Å². The van der Waals surface area contributed by atoms with E-state index in [0.29, 0.717) is 6.61 Å². The molecule has 2 aromatic heterocycles. The molecule has 0 bridgehead atoms. The molecule has 0 N–H and O–H groups in total. The van der Waals surface area contributed by atoms with Crippen LogP contribution in [0.25, 0.3) is 0 Å². The fraction of sp³-hybridized carbons (Fsp3) is 0.364. The number of hydrogen-bond acceptors (Lipinski definition) is 3. The zero-order valence-corrected chi connectivity index (χ0v) is 9.81. The summed E-state index contributed by atoms with van der Waals surface area (Å²) in [6.45, 7) is 1.43. The van der Waals surface area contributed by atoms with Gasteiger partial charge in [0.1, 0.15) is 25.5 Å². The molecule has 0 aromatic carbocycles. The van der Waals surface area contributed by atoms with Gasteiger partial charge in [0.25, 0.3) is 0 Å². The van der Waals surface area contributed by atoms with E-state index in [2.05, 4.69) is 4.57 Å². The quantitative estimate of drug-likeness (QED) is 0.734. The molecule has 1 atom stereocenters. The van der Waals surface area contributed by atoms with Crippen LogP contribution in [0.5, 0.6) is 11.5 Å². The lowest BCUT2D eigenvalue weighted by atomic mass is 10.3. The molecule has 3 rings (SSSR count). The lowest BCUT2D eigenvalue weighted by Gasteiger charge is -2.22. The van der Waals surface area contributed by atoms with Crippen molar-refractivity contribution in [3.63, 3.8) is 0 Å². The molecule has 0 amide bonds. The number of rotatable bonds is 2. The van der Waals surface area contributed by atoms with Gasteiger partial charge in [-0.15, -0.1) is 11.3 Å². The van der Waals surface area contributed by atoms with E-state index in [-0.39, 0.29) is 6.10 Å². The van der Waals surface area contributed by atoms with Crippen LogP contribution in [-0.2, 0) is 13.6 Å². The molecule has 84 valence electrons. The largest absolute Gasteiger partial charge is 0.485 e. The smallest absolute Gasteiger partial charge is 0.243 e. The molecule has 0 spiro atoms. The number of thiophene rings is 1. The first-order valence-electron chi connectivity index (χ1n) is 5.18. The number of ether oxygens (including phenoxy) is 2. The predicted octanol–water partition coefficient (Wildman–Crippen LogP) is 1.21. The van der Waals surface area contributed by atoms with Crippen LogP contribution in [0.4, 0.5) is 0 Å². The van der Waals surface area contributed by atoms with Crippen LogP contribution < -0.4 is 14.0 Å². The van der Waals surface area contributed by atoms with E-state index in [4.69, 9.17) is 9.47 Å². The zero-order chi connectivity index (χ0) is 11.0. The average Bonchev–Trinajstić information content (AvgIpc) is 2.87. The van der Waals surface area contributed by atoms with Gasteiger partial charge in [-0.25, -0.2) is 9.13 Å². The Hall–Kier alpha value is -1.49. The molecule has 1 aliphatic rings. The molecule has 3 heterocycles. The monoisotopic (exact) mass is 237 g/mol. The number of aromatic nitrogens is 2. The standard InChI is InChI=1S/C11H13N2O2S/c1-12-2-3-13(8-12)4-9-5-14-10-6-16-7-11(10)15-9/h2-3,6-9H,4-5H2,1H3/q+1. The second kappa shape index (κ2) is 3.83. The molecule has 0 fully saturated rings. The summed E-state index contributed by atoms with van der Waals surface area (Å²) < 4.78 is 15.6. The second-order valence-corrected chi connectivity index (χ2v) is 4.67. The van der Waals surface area contributed by atoms with E-state index in [0.717, 1.165) is 18.0 Å². The third-order valence-electron chi connectivity index (χ3n) is 2.55. The molecular weight excluding hydrogens is 224 g/mol. The zero-order valence-electron chi connectivity index (χ0n) is 9.00. The van der Waals surface area contributed by atoms with Crippen molar-refractivity contribution in [3.8, 4) is 11.5 Å². The maximum atomic E-state index is 5.84. The lowest BCUT2D eigenvalue weighted by Crippen LogP contribution is -2.33. The van der Waals surface area contributed by atoms with Crippen LogP contribution in [-0.4, -0.2) is 17.3 Å². The van der Waals surface area contributed by atoms with Crippen LogP contribution in [0, 0.1) is 0 Å². The maximum absolute atomic E-state index is 5.84. The SMILES string of the molecule is C[n+]1ccn(CC2COc3cscc3O2)c1. The molecule has 0 radical (unpaired) electrons. The van der Waals surface area contributed by atoms with Crippen LogP contribution in [0.15, 0.2) is 29.5 Å². The van der Waals surface area contributed by atoms with E-state index in [1.807, 2.05) is 41.1 Å². The minimum absolute atomic E-state index is 0.0921. The van der Waals surface area contributed by atoms with Gasteiger partial charge in [-0.05, 0) is 0 Å². The Morgan fingerprint density at radius 2 is 2.38 bits per heavy atom. The van der Waals surface area contributed by atoms with Gasteiger partial charge in [0.05, 0.1) is 7.05 Å². The van der Waals surface area contributed by atoms with Crippen molar-refractivity contribution in [2.24, 2.45) is 7.05 Å². The third kappa shape index (κ3) is 1.78. The highest BCUT2D eigenvalue weighted by molar-refractivity contribution is 7.08. The summed E-state index contributed by atoms with van der Waals surface area (Å²) >= 11 is 1.61. The number of imidazole rings is 1. The number of aryl methyl sites for hydroxylation is 1. The van der Waals surface area contributed by atoms with E-state index < -0.39 is 0 Å². The van der Waals surface area contributed by atoms with Crippen LogP contribution in [0.3, 0.4) is 0 Å². The summed E-state index contributed by atoms with van der Waals surface area (Å²) in [5.74, 6) is 1.75. The second-order valence-electron chi connectivity index (χ2n) is 3.93. The Balaban J connectivity index is 1.70. The molecule has 0 saturated heterocycles. The summed E-state index contributed by atoms with van der Waals surface area (Å²) in [5.41, 5.74) is 0. The summed E-state index contributed by atoms with van der Waals surface area (Å²) in [6, 6.07) is 0. The van der Waals surface area contributed by atoms with Gasteiger partial charge in [0.15, 0.2) is 17.6 Å². The molecule has 1 aliphatic heterocycles. The van der Waals surface area contributed by atoms with Gasteiger partial charge in [-0.1, -0.05) is 0 Å². The van der Waals surface area contributed by atoms with Gasteiger partial charge >= 0.3 is 0 Å². The molecular formula is C11H13N2O2S+. The first-order chi connectivity index (χ1) is 7.81. The normalized spacial score (nSPS) is 18.7. The topological polar surface area (TPSA) is 27.3 Å². The van der Waals surface area contributed by atoms with Crippen molar-refractivity contribution in [2.75, 3.05) is 6.61 Å². The van der Waals surface area contributed by atoms with Gasteiger partial charge < -0.3 is 9.47 Å². The lowest BCUT2D eigenvalue weighted by molar-refractivity contribution is -0.671. The molecule has 0 saturated carbocycles. The highest BCUT2D eigenvalue weighted by Gasteiger charge is 2.23. The molecule has 1 unspecified atom stereocenters.